The van der Waals surface area contributed by atoms with Crippen molar-refractivity contribution in [1.29, 1.82) is 0 Å². The van der Waals surface area contributed by atoms with Gasteiger partial charge in [0.2, 0.25) is 5.82 Å². The molecule has 2 aromatic carbocycles. The van der Waals surface area contributed by atoms with Gasteiger partial charge in [0.05, 0.1) is 5.60 Å². The SMILES string of the molecule is Cc1c(-c2nc(-c3ccc(C(O)C(=O)CCC(C)(C)O)cc3)no2)noc1-c1ccccc1. The quantitative estimate of drug-likeness (QED) is 0.404. The molecule has 8 heteroatoms. The van der Waals surface area contributed by atoms with Gasteiger partial charge in [0.25, 0.3) is 5.89 Å². The Labute approximate surface area is 190 Å². The molecule has 0 aliphatic heterocycles. The summed E-state index contributed by atoms with van der Waals surface area (Å²) in [6, 6.07) is 16.3. The van der Waals surface area contributed by atoms with E-state index in [0.717, 1.165) is 11.1 Å². The Morgan fingerprint density at radius 2 is 1.70 bits per heavy atom. The molecule has 0 aliphatic rings. The smallest absolute Gasteiger partial charge is 0.280 e. The van der Waals surface area contributed by atoms with Crippen LogP contribution in [0.5, 0.6) is 0 Å². The van der Waals surface area contributed by atoms with Crippen molar-refractivity contribution in [1.82, 2.24) is 15.3 Å². The molecule has 0 spiro atoms. The lowest BCUT2D eigenvalue weighted by molar-refractivity contribution is -0.128. The second-order valence-electron chi connectivity index (χ2n) is 8.58. The number of benzene rings is 2. The number of hydrogen-bond acceptors (Lipinski definition) is 8. The first kappa shape index (κ1) is 22.6. The summed E-state index contributed by atoms with van der Waals surface area (Å²) in [5.41, 5.74) is 2.33. The second kappa shape index (κ2) is 9.09. The van der Waals surface area contributed by atoms with E-state index in [-0.39, 0.29) is 24.5 Å². The third-order valence-electron chi connectivity index (χ3n) is 5.36. The average molecular weight is 447 g/mol. The number of ketones is 1. The minimum absolute atomic E-state index is 0.0860. The van der Waals surface area contributed by atoms with Crippen molar-refractivity contribution < 1.29 is 24.1 Å². The van der Waals surface area contributed by atoms with Crippen LogP contribution in [0.1, 0.15) is 43.9 Å². The van der Waals surface area contributed by atoms with Gasteiger partial charge >= 0.3 is 0 Å². The summed E-state index contributed by atoms with van der Waals surface area (Å²) in [6.45, 7) is 5.14. The standard InChI is InChI=1S/C25H25N3O5/c1-15-20(27-32-22(15)17-7-5-4-6-8-17)24-26-23(28-33-24)18-11-9-16(10-12-18)21(30)19(29)13-14-25(2,3)31/h4-12,21,30-31H,13-14H2,1-3H3. The summed E-state index contributed by atoms with van der Waals surface area (Å²) in [5, 5.41) is 28.2. The highest BCUT2D eigenvalue weighted by Crippen LogP contribution is 2.31. The largest absolute Gasteiger partial charge is 0.390 e. The zero-order valence-corrected chi connectivity index (χ0v) is 18.6. The molecule has 0 saturated heterocycles. The molecule has 1 atom stereocenters. The van der Waals surface area contributed by atoms with E-state index >= 15 is 0 Å². The van der Waals surface area contributed by atoms with Gasteiger partial charge in [-0.3, -0.25) is 4.79 Å². The molecule has 4 aromatic rings. The average Bonchev–Trinajstić information content (AvgIpc) is 3.44. The number of carbonyl (C=O) groups excluding carboxylic acids is 1. The van der Waals surface area contributed by atoms with Gasteiger partial charge < -0.3 is 19.3 Å². The van der Waals surface area contributed by atoms with Crippen LogP contribution in [0.3, 0.4) is 0 Å². The molecule has 8 nitrogen and oxygen atoms in total. The summed E-state index contributed by atoms with van der Waals surface area (Å²) >= 11 is 0. The van der Waals surface area contributed by atoms with Crippen molar-refractivity contribution in [3.63, 3.8) is 0 Å². The number of carbonyl (C=O) groups is 1. The van der Waals surface area contributed by atoms with Crippen LogP contribution >= 0.6 is 0 Å². The van der Waals surface area contributed by atoms with Crippen molar-refractivity contribution >= 4 is 5.78 Å². The third-order valence-corrected chi connectivity index (χ3v) is 5.36. The maximum absolute atomic E-state index is 12.2. The molecule has 4 rings (SSSR count). The van der Waals surface area contributed by atoms with Crippen molar-refractivity contribution in [2.75, 3.05) is 0 Å². The van der Waals surface area contributed by atoms with Crippen LogP contribution in [0.25, 0.3) is 34.3 Å². The first-order chi connectivity index (χ1) is 15.7. The van der Waals surface area contributed by atoms with E-state index < -0.39 is 11.7 Å². The first-order valence-corrected chi connectivity index (χ1v) is 10.6. The number of aliphatic hydroxyl groups is 2. The van der Waals surface area contributed by atoms with Crippen LogP contribution in [0, 0.1) is 6.92 Å². The topological polar surface area (TPSA) is 122 Å². The molecular weight excluding hydrogens is 422 g/mol. The molecule has 2 heterocycles. The minimum atomic E-state index is -1.25. The molecule has 0 fully saturated rings. The molecule has 0 radical (unpaired) electrons. The Bertz CT molecular complexity index is 1240. The van der Waals surface area contributed by atoms with E-state index in [1.807, 2.05) is 37.3 Å². The number of hydrogen-bond donors (Lipinski definition) is 2. The van der Waals surface area contributed by atoms with Gasteiger partial charge in [-0.05, 0) is 32.8 Å². The maximum Gasteiger partial charge on any atom is 0.280 e. The van der Waals surface area contributed by atoms with Crippen LogP contribution in [0.15, 0.2) is 63.6 Å². The second-order valence-corrected chi connectivity index (χ2v) is 8.58. The van der Waals surface area contributed by atoms with Gasteiger partial charge in [-0.25, -0.2) is 0 Å². The van der Waals surface area contributed by atoms with Gasteiger partial charge in [0.1, 0.15) is 6.10 Å². The predicted molar refractivity (Wildman–Crippen MR) is 121 cm³/mol. The van der Waals surface area contributed by atoms with E-state index in [9.17, 15) is 15.0 Å². The Morgan fingerprint density at radius 3 is 2.36 bits per heavy atom. The van der Waals surface area contributed by atoms with E-state index in [2.05, 4.69) is 15.3 Å². The number of aromatic nitrogens is 3. The van der Waals surface area contributed by atoms with Gasteiger partial charge in [0.15, 0.2) is 17.2 Å². The van der Waals surface area contributed by atoms with Crippen LogP contribution in [-0.4, -0.2) is 36.9 Å². The summed E-state index contributed by atoms with van der Waals surface area (Å²) in [6.07, 6.45) is -0.890. The molecule has 0 bridgehead atoms. The van der Waals surface area contributed by atoms with Crippen molar-refractivity contribution in [2.24, 2.45) is 0 Å². The Morgan fingerprint density at radius 1 is 1.00 bits per heavy atom. The highest BCUT2D eigenvalue weighted by Gasteiger charge is 2.23. The molecule has 170 valence electrons. The minimum Gasteiger partial charge on any atom is -0.390 e. The summed E-state index contributed by atoms with van der Waals surface area (Å²) < 4.78 is 10.9. The molecule has 0 amide bonds. The first-order valence-electron chi connectivity index (χ1n) is 10.6. The lowest BCUT2D eigenvalue weighted by Crippen LogP contribution is -2.22. The van der Waals surface area contributed by atoms with Gasteiger partial charge in [-0.2, -0.15) is 4.98 Å². The summed E-state index contributed by atoms with van der Waals surface area (Å²) in [7, 11) is 0. The van der Waals surface area contributed by atoms with Crippen molar-refractivity contribution in [3.05, 3.63) is 65.7 Å². The summed E-state index contributed by atoms with van der Waals surface area (Å²) in [4.78, 5) is 16.7. The number of rotatable bonds is 8. The highest BCUT2D eigenvalue weighted by molar-refractivity contribution is 5.84. The van der Waals surface area contributed by atoms with E-state index in [0.29, 0.717) is 28.4 Å². The van der Waals surface area contributed by atoms with Crippen LogP contribution in [-0.2, 0) is 4.79 Å². The molecule has 1 unspecified atom stereocenters. The Hall–Kier alpha value is -3.62. The van der Waals surface area contributed by atoms with Gasteiger partial charge in [0, 0.05) is 23.1 Å². The van der Waals surface area contributed by atoms with E-state index in [1.54, 1.807) is 38.1 Å². The normalized spacial score (nSPS) is 12.6. The molecule has 2 N–H and O–H groups in total. The van der Waals surface area contributed by atoms with Crippen LogP contribution in [0.4, 0.5) is 0 Å². The monoisotopic (exact) mass is 447 g/mol. The van der Waals surface area contributed by atoms with Crippen molar-refractivity contribution in [3.8, 4) is 34.3 Å². The molecule has 0 aliphatic carbocycles. The van der Waals surface area contributed by atoms with Crippen LogP contribution < -0.4 is 0 Å². The predicted octanol–water partition coefficient (Wildman–Crippen LogP) is 4.52. The van der Waals surface area contributed by atoms with Gasteiger partial charge in [-0.1, -0.05) is 64.9 Å². The molecule has 0 saturated carbocycles. The fraction of sp³-hybridized carbons (Fsp3) is 0.280. The lowest BCUT2D eigenvalue weighted by Gasteiger charge is -2.17. The highest BCUT2D eigenvalue weighted by atomic mass is 16.5. The molecule has 2 aromatic heterocycles. The third kappa shape index (κ3) is 5.08. The Kier molecular flexibility index (Phi) is 6.22. The fourth-order valence-corrected chi connectivity index (χ4v) is 3.40. The molecule has 33 heavy (non-hydrogen) atoms. The van der Waals surface area contributed by atoms with E-state index in [4.69, 9.17) is 9.05 Å². The molecular formula is C25H25N3O5. The van der Waals surface area contributed by atoms with Crippen LogP contribution in [0.2, 0.25) is 0 Å². The lowest BCUT2D eigenvalue weighted by atomic mass is 9.96. The zero-order valence-electron chi connectivity index (χ0n) is 18.6. The van der Waals surface area contributed by atoms with Gasteiger partial charge in [-0.15, -0.1) is 0 Å². The summed E-state index contributed by atoms with van der Waals surface area (Å²) in [5.74, 6) is 0.878. The fourth-order valence-electron chi connectivity index (χ4n) is 3.40. The number of Topliss-reactive ketones (excluding diaryl/α,β-unsaturated/α-hetero) is 1. The number of aliphatic hydroxyl groups excluding tert-OH is 1. The Balaban J connectivity index is 1.49. The van der Waals surface area contributed by atoms with Crippen molar-refractivity contribution in [2.45, 2.75) is 45.3 Å². The van der Waals surface area contributed by atoms with E-state index in [1.165, 1.54) is 0 Å². The number of nitrogens with zero attached hydrogens (tertiary/aromatic N) is 3. The zero-order chi connectivity index (χ0) is 23.6. The maximum atomic E-state index is 12.2.